The molecule has 1 atom stereocenters. The van der Waals surface area contributed by atoms with Crippen molar-refractivity contribution in [3.63, 3.8) is 0 Å². The molecule has 2 heteroatoms. The topological polar surface area (TPSA) is 12.4 Å². The van der Waals surface area contributed by atoms with E-state index in [9.17, 15) is 0 Å². The third-order valence-electron chi connectivity index (χ3n) is 2.40. The van der Waals surface area contributed by atoms with Crippen molar-refractivity contribution in [2.45, 2.75) is 18.8 Å². The van der Waals surface area contributed by atoms with Gasteiger partial charge in [0, 0.05) is 11.6 Å². The van der Waals surface area contributed by atoms with E-state index in [4.69, 9.17) is 0 Å². The molecule has 1 nitrogen and oxygen atoms in total. The summed E-state index contributed by atoms with van der Waals surface area (Å²) >= 11 is 2.09. The molecule has 0 heterocycles. The van der Waals surface area contributed by atoms with Gasteiger partial charge >= 0.3 is 0 Å². The van der Waals surface area contributed by atoms with Crippen LogP contribution < -0.4 is 0 Å². The van der Waals surface area contributed by atoms with Gasteiger partial charge in [-0.3, -0.25) is 0 Å². The largest absolute Gasteiger partial charge is 0.224 e. The van der Waals surface area contributed by atoms with Crippen LogP contribution in [0.25, 0.3) is 0 Å². The Labute approximate surface area is 86.4 Å². The summed E-state index contributed by atoms with van der Waals surface area (Å²) in [5, 5.41) is 0. The summed E-state index contributed by atoms with van der Waals surface area (Å²) in [6, 6.07) is 10.6. The standard InChI is InChI=1S/C10H10IN/c11-12-10-7-6-9(10)8-4-2-1-3-5-8/h1-5,9H,6-7H2/b12-10-. The first-order chi connectivity index (χ1) is 5.92. The second kappa shape index (κ2) is 3.56. The Kier molecular flexibility index (Phi) is 2.44. The van der Waals surface area contributed by atoms with Gasteiger partial charge in [-0.2, -0.15) is 0 Å². The summed E-state index contributed by atoms with van der Waals surface area (Å²) in [7, 11) is 0. The maximum absolute atomic E-state index is 4.24. The van der Waals surface area contributed by atoms with Gasteiger partial charge in [0.05, 0.1) is 22.9 Å². The first kappa shape index (κ1) is 8.23. The van der Waals surface area contributed by atoms with Gasteiger partial charge in [0.2, 0.25) is 0 Å². The first-order valence-corrected chi connectivity index (χ1v) is 5.11. The maximum Gasteiger partial charge on any atom is 0.0830 e. The van der Waals surface area contributed by atoms with Crippen LogP contribution in [0.2, 0.25) is 0 Å². The summed E-state index contributed by atoms with van der Waals surface area (Å²) in [6.07, 6.45) is 2.45. The predicted octanol–water partition coefficient (Wildman–Crippen LogP) is 3.36. The van der Waals surface area contributed by atoms with Gasteiger partial charge in [-0.1, -0.05) is 30.3 Å². The number of nitrogens with zero attached hydrogens (tertiary/aromatic N) is 1. The highest BCUT2D eigenvalue weighted by atomic mass is 127. The van der Waals surface area contributed by atoms with Crippen LogP contribution in [0.5, 0.6) is 0 Å². The van der Waals surface area contributed by atoms with Gasteiger partial charge in [0.25, 0.3) is 0 Å². The molecule has 1 saturated carbocycles. The van der Waals surface area contributed by atoms with Gasteiger partial charge in [0.15, 0.2) is 0 Å². The molecular formula is C10H10IN. The molecule has 0 N–H and O–H groups in total. The summed E-state index contributed by atoms with van der Waals surface area (Å²) in [6.45, 7) is 0. The second-order valence-electron chi connectivity index (χ2n) is 3.08. The molecular weight excluding hydrogens is 261 g/mol. The molecule has 2 rings (SSSR count). The minimum atomic E-state index is 0.614. The van der Waals surface area contributed by atoms with Crippen molar-refractivity contribution in [1.82, 2.24) is 0 Å². The van der Waals surface area contributed by atoms with Crippen molar-refractivity contribution < 1.29 is 0 Å². The molecule has 1 fully saturated rings. The van der Waals surface area contributed by atoms with Gasteiger partial charge in [-0.25, -0.2) is 3.21 Å². The van der Waals surface area contributed by atoms with Crippen LogP contribution in [0.3, 0.4) is 0 Å². The van der Waals surface area contributed by atoms with Crippen LogP contribution in [-0.4, -0.2) is 5.71 Å². The minimum Gasteiger partial charge on any atom is -0.224 e. The second-order valence-corrected chi connectivity index (χ2v) is 3.56. The van der Waals surface area contributed by atoms with Crippen LogP contribution in [0.4, 0.5) is 0 Å². The molecule has 1 unspecified atom stereocenters. The highest BCUT2D eigenvalue weighted by Gasteiger charge is 2.26. The monoisotopic (exact) mass is 271 g/mol. The summed E-state index contributed by atoms with van der Waals surface area (Å²) in [5.74, 6) is 0.614. The van der Waals surface area contributed by atoms with Crippen molar-refractivity contribution in [2.75, 3.05) is 0 Å². The van der Waals surface area contributed by atoms with E-state index in [1.54, 1.807) is 0 Å². The van der Waals surface area contributed by atoms with Crippen molar-refractivity contribution in [3.8, 4) is 0 Å². The minimum absolute atomic E-state index is 0.614. The highest BCUT2D eigenvalue weighted by Crippen LogP contribution is 2.34. The zero-order chi connectivity index (χ0) is 8.39. The summed E-state index contributed by atoms with van der Waals surface area (Å²) in [5.41, 5.74) is 2.76. The lowest BCUT2D eigenvalue weighted by molar-refractivity contribution is 0.696. The van der Waals surface area contributed by atoms with E-state index < -0.39 is 0 Å². The van der Waals surface area contributed by atoms with E-state index in [0.29, 0.717) is 5.92 Å². The van der Waals surface area contributed by atoms with Crippen molar-refractivity contribution in [3.05, 3.63) is 35.9 Å². The lowest BCUT2D eigenvalue weighted by Gasteiger charge is -2.27. The molecule has 0 radical (unpaired) electrons. The number of rotatable bonds is 1. The quantitative estimate of drug-likeness (QED) is 0.694. The Morgan fingerprint density at radius 2 is 2.00 bits per heavy atom. The smallest absolute Gasteiger partial charge is 0.0830 e. The fraction of sp³-hybridized carbons (Fsp3) is 0.300. The fourth-order valence-corrected chi connectivity index (χ4v) is 2.14. The third kappa shape index (κ3) is 1.40. The third-order valence-corrected chi connectivity index (χ3v) is 3.02. The molecule has 0 spiro atoms. The Hall–Kier alpha value is -0.380. The maximum atomic E-state index is 4.24. The van der Waals surface area contributed by atoms with E-state index in [1.165, 1.54) is 24.1 Å². The van der Waals surface area contributed by atoms with E-state index in [1.807, 2.05) is 0 Å². The average molecular weight is 271 g/mol. The van der Waals surface area contributed by atoms with Crippen LogP contribution in [0.1, 0.15) is 24.3 Å². The Bertz CT molecular complexity index is 292. The molecule has 0 saturated heterocycles. The molecule has 0 amide bonds. The molecule has 1 aliphatic carbocycles. The fourth-order valence-electron chi connectivity index (χ4n) is 1.56. The van der Waals surface area contributed by atoms with E-state index in [-0.39, 0.29) is 0 Å². The van der Waals surface area contributed by atoms with Crippen molar-refractivity contribution in [2.24, 2.45) is 3.21 Å². The molecule has 0 aromatic heterocycles. The Morgan fingerprint density at radius 3 is 2.50 bits per heavy atom. The average Bonchev–Trinajstić information content (AvgIpc) is 2.05. The predicted molar refractivity (Wildman–Crippen MR) is 59.9 cm³/mol. The summed E-state index contributed by atoms with van der Waals surface area (Å²) in [4.78, 5) is 0. The van der Waals surface area contributed by atoms with Crippen molar-refractivity contribution >= 4 is 28.6 Å². The normalized spacial score (nSPS) is 25.4. The zero-order valence-corrected chi connectivity index (χ0v) is 8.86. The molecule has 62 valence electrons. The number of halogens is 1. The van der Waals surface area contributed by atoms with Gasteiger partial charge in [-0.15, -0.1) is 0 Å². The molecule has 0 aliphatic heterocycles. The van der Waals surface area contributed by atoms with Crippen LogP contribution in [0, 0.1) is 0 Å². The highest BCUT2D eigenvalue weighted by molar-refractivity contribution is 14.1. The van der Waals surface area contributed by atoms with Crippen LogP contribution >= 0.6 is 22.9 Å². The molecule has 1 aromatic rings. The van der Waals surface area contributed by atoms with Gasteiger partial charge in [0.1, 0.15) is 0 Å². The van der Waals surface area contributed by atoms with Gasteiger partial charge in [-0.05, 0) is 18.4 Å². The zero-order valence-electron chi connectivity index (χ0n) is 6.70. The number of hydrogen-bond acceptors (Lipinski definition) is 1. The first-order valence-electron chi connectivity index (χ1n) is 4.14. The van der Waals surface area contributed by atoms with E-state index in [0.717, 1.165) is 0 Å². The lowest BCUT2D eigenvalue weighted by atomic mass is 9.78. The number of hydrogen-bond donors (Lipinski definition) is 0. The Morgan fingerprint density at radius 1 is 1.25 bits per heavy atom. The van der Waals surface area contributed by atoms with Crippen LogP contribution in [0.15, 0.2) is 33.5 Å². The van der Waals surface area contributed by atoms with Crippen molar-refractivity contribution in [1.29, 1.82) is 0 Å². The van der Waals surface area contributed by atoms with E-state index in [2.05, 4.69) is 56.4 Å². The molecule has 12 heavy (non-hydrogen) atoms. The van der Waals surface area contributed by atoms with Gasteiger partial charge < -0.3 is 0 Å². The van der Waals surface area contributed by atoms with E-state index >= 15 is 0 Å². The molecule has 0 bridgehead atoms. The molecule has 1 aliphatic rings. The lowest BCUT2D eigenvalue weighted by Crippen LogP contribution is -2.22. The molecule has 1 aromatic carbocycles. The SMILES string of the molecule is I/N=C1/CCC1c1ccccc1. The number of benzene rings is 1. The van der Waals surface area contributed by atoms with Crippen LogP contribution in [-0.2, 0) is 0 Å². The summed E-state index contributed by atoms with van der Waals surface area (Å²) < 4.78 is 4.24. The Balaban J connectivity index is 2.22.